The maximum absolute atomic E-state index is 8.14. The predicted octanol–water partition coefficient (Wildman–Crippen LogP) is 2.61. The van der Waals surface area contributed by atoms with Gasteiger partial charge in [-0.25, -0.2) is 0 Å². The molecule has 0 aromatic heterocycles. The van der Waals surface area contributed by atoms with Gasteiger partial charge in [-0.3, -0.25) is 0 Å². The third-order valence-corrected chi connectivity index (χ3v) is 1.99. The second kappa shape index (κ2) is 5.14. The van der Waals surface area contributed by atoms with Crippen molar-refractivity contribution in [1.82, 2.24) is 0 Å². The fourth-order valence-electron chi connectivity index (χ4n) is 1.21. The Hall–Kier alpha value is -1.67. The van der Waals surface area contributed by atoms with E-state index < -0.39 is 0 Å². The third-order valence-electron chi connectivity index (χ3n) is 1.99. The molecular formula is C10H14N4. The molecule has 1 rings (SSSR count). The van der Waals surface area contributed by atoms with Gasteiger partial charge in [-0.15, -0.1) is 0 Å². The molecular weight excluding hydrogens is 176 g/mol. The fraction of sp³-hybridized carbons (Fsp3) is 0.400. The Morgan fingerprint density at radius 1 is 1.43 bits per heavy atom. The average molecular weight is 190 g/mol. The quantitative estimate of drug-likeness (QED) is 0.409. The van der Waals surface area contributed by atoms with Crippen molar-refractivity contribution in [3.63, 3.8) is 0 Å². The van der Waals surface area contributed by atoms with Gasteiger partial charge < -0.3 is 4.90 Å². The van der Waals surface area contributed by atoms with E-state index in [9.17, 15) is 0 Å². The standard InChI is InChI=1S/C10H14N4/c1-14(2)10-5-3-4-9(8-10)6-7-12-13-11/h3-5,8H,6-7H2,1-2H3. The van der Waals surface area contributed by atoms with Crippen LogP contribution in [0.3, 0.4) is 0 Å². The molecule has 0 aliphatic heterocycles. The Morgan fingerprint density at radius 2 is 2.21 bits per heavy atom. The van der Waals surface area contributed by atoms with Gasteiger partial charge >= 0.3 is 0 Å². The Labute approximate surface area is 83.8 Å². The van der Waals surface area contributed by atoms with Gasteiger partial charge in [0.05, 0.1) is 0 Å². The van der Waals surface area contributed by atoms with Gasteiger partial charge in [-0.1, -0.05) is 17.2 Å². The van der Waals surface area contributed by atoms with Gasteiger partial charge in [0.15, 0.2) is 0 Å². The molecule has 0 atom stereocenters. The van der Waals surface area contributed by atoms with Crippen molar-refractivity contribution in [2.24, 2.45) is 5.11 Å². The van der Waals surface area contributed by atoms with Crippen LogP contribution in [0, 0.1) is 0 Å². The maximum atomic E-state index is 8.14. The summed E-state index contributed by atoms with van der Waals surface area (Å²) in [5, 5.41) is 3.51. The summed E-state index contributed by atoms with van der Waals surface area (Å²) in [6.45, 7) is 0.521. The van der Waals surface area contributed by atoms with Crippen LogP contribution in [0.15, 0.2) is 29.4 Å². The van der Waals surface area contributed by atoms with Gasteiger partial charge in [0.1, 0.15) is 0 Å². The molecule has 0 bridgehead atoms. The average Bonchev–Trinajstić information content (AvgIpc) is 2.19. The summed E-state index contributed by atoms with van der Waals surface area (Å²) >= 11 is 0. The molecule has 0 amide bonds. The van der Waals surface area contributed by atoms with Crippen LogP contribution in [-0.4, -0.2) is 20.6 Å². The first kappa shape index (κ1) is 10.4. The number of benzene rings is 1. The minimum Gasteiger partial charge on any atom is -0.378 e. The molecule has 0 unspecified atom stereocenters. The maximum Gasteiger partial charge on any atom is 0.0363 e. The monoisotopic (exact) mass is 190 g/mol. The van der Waals surface area contributed by atoms with E-state index in [1.165, 1.54) is 11.3 Å². The molecule has 0 N–H and O–H groups in total. The van der Waals surface area contributed by atoms with E-state index in [1.54, 1.807) is 0 Å². The van der Waals surface area contributed by atoms with Gasteiger partial charge in [-0.2, -0.15) is 0 Å². The topological polar surface area (TPSA) is 52.0 Å². The molecule has 14 heavy (non-hydrogen) atoms. The molecule has 0 aliphatic carbocycles. The lowest BCUT2D eigenvalue weighted by atomic mass is 10.1. The zero-order valence-electron chi connectivity index (χ0n) is 8.51. The van der Waals surface area contributed by atoms with Gasteiger partial charge in [0.2, 0.25) is 0 Å². The van der Waals surface area contributed by atoms with Crippen molar-refractivity contribution < 1.29 is 0 Å². The zero-order valence-corrected chi connectivity index (χ0v) is 8.51. The molecule has 4 nitrogen and oxygen atoms in total. The lowest BCUT2D eigenvalue weighted by Crippen LogP contribution is -2.08. The number of hydrogen-bond acceptors (Lipinski definition) is 2. The largest absolute Gasteiger partial charge is 0.378 e. The van der Waals surface area contributed by atoms with Crippen molar-refractivity contribution in [1.29, 1.82) is 0 Å². The van der Waals surface area contributed by atoms with E-state index >= 15 is 0 Å². The lowest BCUT2D eigenvalue weighted by molar-refractivity contribution is 0.954. The SMILES string of the molecule is CN(C)c1cccc(CCN=[N+]=[N-])c1. The van der Waals surface area contributed by atoms with E-state index in [2.05, 4.69) is 27.1 Å². The van der Waals surface area contributed by atoms with E-state index in [4.69, 9.17) is 5.53 Å². The Morgan fingerprint density at radius 3 is 2.86 bits per heavy atom. The molecule has 0 radical (unpaired) electrons. The first-order valence-electron chi connectivity index (χ1n) is 4.51. The Bertz CT molecular complexity index is 340. The highest BCUT2D eigenvalue weighted by Crippen LogP contribution is 2.13. The second-order valence-corrected chi connectivity index (χ2v) is 3.27. The third kappa shape index (κ3) is 2.99. The van der Waals surface area contributed by atoms with E-state index in [0.29, 0.717) is 6.54 Å². The summed E-state index contributed by atoms with van der Waals surface area (Å²) < 4.78 is 0. The summed E-state index contributed by atoms with van der Waals surface area (Å²) in [5.74, 6) is 0. The second-order valence-electron chi connectivity index (χ2n) is 3.27. The highest BCUT2D eigenvalue weighted by Gasteiger charge is 1.96. The van der Waals surface area contributed by atoms with Crippen LogP contribution in [0.25, 0.3) is 10.4 Å². The van der Waals surface area contributed by atoms with Crippen LogP contribution in [0.1, 0.15) is 5.56 Å². The Balaban J connectivity index is 2.68. The van der Waals surface area contributed by atoms with Crippen LogP contribution in [0.2, 0.25) is 0 Å². The molecule has 0 fully saturated rings. The van der Waals surface area contributed by atoms with Crippen LogP contribution < -0.4 is 4.90 Å². The molecule has 0 aliphatic rings. The summed E-state index contributed by atoms with van der Waals surface area (Å²) in [4.78, 5) is 4.78. The minimum absolute atomic E-state index is 0.521. The normalized spacial score (nSPS) is 9.29. The van der Waals surface area contributed by atoms with Crippen molar-refractivity contribution in [3.8, 4) is 0 Å². The first-order valence-corrected chi connectivity index (χ1v) is 4.51. The fourth-order valence-corrected chi connectivity index (χ4v) is 1.21. The van der Waals surface area contributed by atoms with E-state index in [-0.39, 0.29) is 0 Å². The molecule has 0 heterocycles. The molecule has 1 aromatic rings. The number of hydrogen-bond donors (Lipinski definition) is 0. The van der Waals surface area contributed by atoms with Gasteiger partial charge in [0, 0.05) is 31.2 Å². The zero-order chi connectivity index (χ0) is 10.4. The molecule has 74 valence electrons. The molecule has 0 saturated carbocycles. The molecule has 4 heteroatoms. The number of rotatable bonds is 4. The van der Waals surface area contributed by atoms with Crippen molar-refractivity contribution in [2.75, 3.05) is 25.5 Å². The van der Waals surface area contributed by atoms with E-state index in [0.717, 1.165) is 6.42 Å². The van der Waals surface area contributed by atoms with Crippen LogP contribution in [0.4, 0.5) is 5.69 Å². The van der Waals surface area contributed by atoms with E-state index in [1.807, 2.05) is 26.2 Å². The Kier molecular flexibility index (Phi) is 3.83. The smallest absolute Gasteiger partial charge is 0.0363 e. The molecule has 0 spiro atoms. The van der Waals surface area contributed by atoms with Crippen LogP contribution in [0.5, 0.6) is 0 Å². The summed E-state index contributed by atoms with van der Waals surface area (Å²) in [5.41, 5.74) is 10.5. The molecule has 0 saturated heterocycles. The van der Waals surface area contributed by atoms with Crippen molar-refractivity contribution in [2.45, 2.75) is 6.42 Å². The number of anilines is 1. The highest BCUT2D eigenvalue weighted by molar-refractivity contribution is 5.47. The van der Waals surface area contributed by atoms with Crippen LogP contribution in [-0.2, 0) is 6.42 Å². The van der Waals surface area contributed by atoms with Crippen LogP contribution >= 0.6 is 0 Å². The summed E-state index contributed by atoms with van der Waals surface area (Å²) in [7, 11) is 4.01. The number of nitrogens with zero attached hydrogens (tertiary/aromatic N) is 4. The summed E-state index contributed by atoms with van der Waals surface area (Å²) in [6, 6.07) is 8.21. The number of azide groups is 1. The van der Waals surface area contributed by atoms with Gasteiger partial charge in [0.25, 0.3) is 0 Å². The van der Waals surface area contributed by atoms with Crippen molar-refractivity contribution in [3.05, 3.63) is 40.3 Å². The molecule has 1 aromatic carbocycles. The van der Waals surface area contributed by atoms with Gasteiger partial charge in [-0.05, 0) is 29.6 Å². The first-order chi connectivity index (χ1) is 6.74. The predicted molar refractivity (Wildman–Crippen MR) is 58.5 cm³/mol. The van der Waals surface area contributed by atoms with Crippen molar-refractivity contribution >= 4 is 5.69 Å². The summed E-state index contributed by atoms with van der Waals surface area (Å²) in [6.07, 6.45) is 0.797. The minimum atomic E-state index is 0.521. The lowest BCUT2D eigenvalue weighted by Gasteiger charge is -2.13. The highest BCUT2D eigenvalue weighted by atomic mass is 15.1.